The first-order chi connectivity index (χ1) is 8.15. The van der Waals surface area contributed by atoms with E-state index in [0.717, 1.165) is 17.8 Å². The third-order valence-electron chi connectivity index (χ3n) is 4.95. The minimum absolute atomic E-state index is 0.902. The Morgan fingerprint density at radius 2 is 1.53 bits per heavy atom. The van der Waals surface area contributed by atoms with Gasteiger partial charge in [0.15, 0.2) is 0 Å². The maximum Gasteiger partial charge on any atom is 0.0110 e. The summed E-state index contributed by atoms with van der Waals surface area (Å²) in [5.74, 6) is 2.91. The molecule has 2 fully saturated rings. The van der Waals surface area contributed by atoms with Gasteiger partial charge in [-0.3, -0.25) is 0 Å². The first-order valence-corrected chi connectivity index (χ1v) is 7.56. The normalized spacial score (nSPS) is 33.2. The van der Waals surface area contributed by atoms with Gasteiger partial charge in [-0.15, -0.1) is 0 Å². The Morgan fingerprint density at radius 3 is 2.06 bits per heavy atom. The van der Waals surface area contributed by atoms with E-state index in [4.69, 9.17) is 0 Å². The van der Waals surface area contributed by atoms with Gasteiger partial charge in [-0.25, -0.2) is 0 Å². The zero-order chi connectivity index (χ0) is 12.3. The molecule has 0 radical (unpaired) electrons. The molecule has 0 aromatic carbocycles. The molecule has 0 amide bonds. The average molecular weight is 238 g/mol. The van der Waals surface area contributed by atoms with Gasteiger partial charge in [-0.2, -0.15) is 0 Å². The van der Waals surface area contributed by atoms with E-state index in [2.05, 4.69) is 30.7 Å². The van der Waals surface area contributed by atoms with Crippen LogP contribution in [0.3, 0.4) is 0 Å². The van der Waals surface area contributed by atoms with Crippen molar-refractivity contribution in [2.75, 3.05) is 39.8 Å². The van der Waals surface area contributed by atoms with Crippen LogP contribution in [0, 0.1) is 17.8 Å². The maximum absolute atomic E-state index is 2.69. The van der Waals surface area contributed by atoms with Crippen molar-refractivity contribution in [1.29, 1.82) is 0 Å². The molecule has 1 aliphatic heterocycles. The van der Waals surface area contributed by atoms with E-state index in [9.17, 15) is 0 Å². The fourth-order valence-corrected chi connectivity index (χ4v) is 3.43. The van der Waals surface area contributed by atoms with E-state index < -0.39 is 0 Å². The number of nitrogens with zero attached hydrogens (tertiary/aromatic N) is 2. The Balaban J connectivity index is 1.67. The molecule has 2 heteroatoms. The Hall–Kier alpha value is -0.0800. The molecule has 0 bridgehead atoms. The fraction of sp³-hybridized carbons (Fsp3) is 1.00. The molecule has 1 saturated heterocycles. The van der Waals surface area contributed by atoms with Crippen LogP contribution in [0.25, 0.3) is 0 Å². The lowest BCUT2D eigenvalue weighted by Gasteiger charge is -2.37. The summed E-state index contributed by atoms with van der Waals surface area (Å²) in [6.45, 7) is 11.3. The highest BCUT2D eigenvalue weighted by Gasteiger charge is 2.25. The van der Waals surface area contributed by atoms with E-state index in [1.165, 1.54) is 58.4 Å². The predicted molar refractivity (Wildman–Crippen MR) is 74.2 cm³/mol. The highest BCUT2D eigenvalue weighted by Crippen LogP contribution is 2.33. The lowest BCUT2D eigenvalue weighted by molar-refractivity contribution is 0.113. The Kier molecular flexibility index (Phi) is 4.87. The predicted octanol–water partition coefficient (Wildman–Crippen LogP) is 2.70. The standard InChI is InChI=1S/C15H30N2/c1-13(2)15-6-4-14(5-7-15)12-17-10-8-16(3)9-11-17/h13-15H,4-12H2,1-3H3/t14-,15+. The van der Waals surface area contributed by atoms with Crippen LogP contribution in [0.4, 0.5) is 0 Å². The molecule has 17 heavy (non-hydrogen) atoms. The minimum atomic E-state index is 0.902. The Bertz CT molecular complexity index is 211. The van der Waals surface area contributed by atoms with Gasteiger partial charge in [0.05, 0.1) is 0 Å². The van der Waals surface area contributed by atoms with Gasteiger partial charge in [0.1, 0.15) is 0 Å². The van der Waals surface area contributed by atoms with Crippen molar-refractivity contribution in [3.63, 3.8) is 0 Å². The number of piperazine rings is 1. The van der Waals surface area contributed by atoms with Crippen LogP contribution in [0.5, 0.6) is 0 Å². The molecule has 1 saturated carbocycles. The van der Waals surface area contributed by atoms with Crippen LogP contribution in [-0.2, 0) is 0 Å². The van der Waals surface area contributed by atoms with Crippen LogP contribution in [0.1, 0.15) is 39.5 Å². The van der Waals surface area contributed by atoms with Crippen LogP contribution in [-0.4, -0.2) is 49.6 Å². The third-order valence-corrected chi connectivity index (χ3v) is 4.95. The van der Waals surface area contributed by atoms with E-state index in [-0.39, 0.29) is 0 Å². The van der Waals surface area contributed by atoms with Gasteiger partial charge in [-0.1, -0.05) is 13.8 Å². The summed E-state index contributed by atoms with van der Waals surface area (Å²) in [5.41, 5.74) is 0. The molecule has 100 valence electrons. The van der Waals surface area contributed by atoms with Crippen molar-refractivity contribution < 1.29 is 0 Å². The number of likely N-dealkylation sites (N-methyl/N-ethyl adjacent to an activating group) is 1. The molecule has 0 aromatic heterocycles. The molecule has 1 heterocycles. The summed E-state index contributed by atoms with van der Waals surface area (Å²) in [4.78, 5) is 5.15. The third kappa shape index (κ3) is 3.96. The number of hydrogen-bond acceptors (Lipinski definition) is 2. The second-order valence-corrected chi connectivity index (χ2v) is 6.63. The summed E-state index contributed by atoms with van der Waals surface area (Å²) < 4.78 is 0. The number of rotatable bonds is 3. The molecule has 0 unspecified atom stereocenters. The van der Waals surface area contributed by atoms with Gasteiger partial charge < -0.3 is 9.80 Å². The number of hydrogen-bond donors (Lipinski definition) is 0. The first kappa shape index (κ1) is 13.4. The van der Waals surface area contributed by atoms with Crippen molar-refractivity contribution in [2.45, 2.75) is 39.5 Å². The topological polar surface area (TPSA) is 6.48 Å². The molecule has 2 rings (SSSR count). The van der Waals surface area contributed by atoms with E-state index in [1.54, 1.807) is 0 Å². The lowest BCUT2D eigenvalue weighted by atomic mass is 9.77. The summed E-state index contributed by atoms with van der Waals surface area (Å²) in [5, 5.41) is 0. The summed E-state index contributed by atoms with van der Waals surface area (Å²) in [6, 6.07) is 0. The minimum Gasteiger partial charge on any atom is -0.304 e. The van der Waals surface area contributed by atoms with Gasteiger partial charge in [0, 0.05) is 32.7 Å². The Morgan fingerprint density at radius 1 is 0.941 bits per heavy atom. The van der Waals surface area contributed by atoms with Gasteiger partial charge in [-0.05, 0) is 50.5 Å². The fourth-order valence-electron chi connectivity index (χ4n) is 3.43. The molecular weight excluding hydrogens is 208 g/mol. The second-order valence-electron chi connectivity index (χ2n) is 6.63. The van der Waals surface area contributed by atoms with Gasteiger partial charge in [0.25, 0.3) is 0 Å². The summed E-state index contributed by atoms with van der Waals surface area (Å²) in [7, 11) is 2.24. The molecular formula is C15H30N2. The van der Waals surface area contributed by atoms with Crippen LogP contribution < -0.4 is 0 Å². The molecule has 0 spiro atoms. The maximum atomic E-state index is 2.69. The largest absolute Gasteiger partial charge is 0.304 e. The Labute approximate surface area is 107 Å². The lowest BCUT2D eigenvalue weighted by Crippen LogP contribution is -2.46. The quantitative estimate of drug-likeness (QED) is 0.746. The zero-order valence-electron chi connectivity index (χ0n) is 12.0. The van der Waals surface area contributed by atoms with Crippen molar-refractivity contribution in [3.05, 3.63) is 0 Å². The first-order valence-electron chi connectivity index (χ1n) is 7.56. The van der Waals surface area contributed by atoms with Gasteiger partial charge >= 0.3 is 0 Å². The summed E-state index contributed by atoms with van der Waals surface area (Å²) in [6.07, 6.45) is 5.93. The molecule has 0 N–H and O–H groups in total. The van der Waals surface area contributed by atoms with E-state index in [0.29, 0.717) is 0 Å². The highest BCUT2D eigenvalue weighted by atomic mass is 15.2. The molecule has 0 aromatic rings. The van der Waals surface area contributed by atoms with Crippen molar-refractivity contribution in [1.82, 2.24) is 9.80 Å². The van der Waals surface area contributed by atoms with E-state index >= 15 is 0 Å². The molecule has 2 aliphatic rings. The van der Waals surface area contributed by atoms with Crippen LogP contribution in [0.2, 0.25) is 0 Å². The van der Waals surface area contributed by atoms with E-state index in [1.807, 2.05) is 0 Å². The van der Waals surface area contributed by atoms with Gasteiger partial charge in [0.2, 0.25) is 0 Å². The smallest absolute Gasteiger partial charge is 0.0110 e. The monoisotopic (exact) mass is 238 g/mol. The highest BCUT2D eigenvalue weighted by molar-refractivity contribution is 4.78. The second kappa shape index (κ2) is 6.19. The average Bonchev–Trinajstić information content (AvgIpc) is 2.33. The molecule has 1 aliphatic carbocycles. The molecule has 0 atom stereocenters. The van der Waals surface area contributed by atoms with Crippen LogP contribution in [0.15, 0.2) is 0 Å². The summed E-state index contributed by atoms with van der Waals surface area (Å²) >= 11 is 0. The van der Waals surface area contributed by atoms with Crippen molar-refractivity contribution in [3.8, 4) is 0 Å². The molecule has 2 nitrogen and oxygen atoms in total. The zero-order valence-corrected chi connectivity index (χ0v) is 12.0. The van der Waals surface area contributed by atoms with Crippen molar-refractivity contribution in [2.24, 2.45) is 17.8 Å². The van der Waals surface area contributed by atoms with Crippen LogP contribution >= 0.6 is 0 Å². The van der Waals surface area contributed by atoms with Crippen molar-refractivity contribution >= 4 is 0 Å². The SMILES string of the molecule is CC(C)[C@H]1CC[C@@H](CN2CCN(C)CC2)CC1.